The molecule has 168 valence electrons. The van der Waals surface area contributed by atoms with Crippen LogP contribution in [0, 0.1) is 0 Å². The van der Waals surface area contributed by atoms with Crippen LogP contribution in [0.4, 0.5) is 26.3 Å². The Morgan fingerprint density at radius 1 is 1.12 bits per heavy atom. The third-order valence-corrected chi connectivity index (χ3v) is 4.71. The van der Waals surface area contributed by atoms with Gasteiger partial charge in [-0.1, -0.05) is 6.58 Å². The SMILES string of the molecule is C=C(/N=C\C=C(/C)c1nc2ncccc2o1)NSc1cc(C(F)(F)F)cc(C(F)(F)F)c1. The molecule has 5 nitrogen and oxygen atoms in total. The first-order valence-electron chi connectivity index (χ1n) is 8.77. The maximum absolute atomic E-state index is 12.9. The summed E-state index contributed by atoms with van der Waals surface area (Å²) >= 11 is 0.524. The van der Waals surface area contributed by atoms with Crippen LogP contribution >= 0.6 is 11.9 Å². The van der Waals surface area contributed by atoms with Crippen molar-refractivity contribution in [3.05, 3.63) is 72.0 Å². The van der Waals surface area contributed by atoms with Crippen LogP contribution in [-0.4, -0.2) is 16.2 Å². The van der Waals surface area contributed by atoms with Crippen molar-refractivity contribution in [3.8, 4) is 0 Å². The number of hydrogen-bond donors (Lipinski definition) is 1. The molecule has 1 aromatic carbocycles. The standard InChI is InChI=1S/C20H14F6N4OS/c1-11(18-29-17-16(31-18)4-3-6-28-17)5-7-27-12(2)30-32-15-9-13(19(21,22)23)8-14(10-15)20(24,25)26/h3-10,30H,2H2,1H3/b11-5+,27-7-. The highest BCUT2D eigenvalue weighted by molar-refractivity contribution is 7.97. The number of rotatable bonds is 6. The lowest BCUT2D eigenvalue weighted by molar-refractivity contribution is -0.143. The lowest BCUT2D eigenvalue weighted by Crippen LogP contribution is -2.11. The van der Waals surface area contributed by atoms with Crippen LogP contribution in [0.2, 0.25) is 0 Å². The molecule has 0 atom stereocenters. The van der Waals surface area contributed by atoms with Gasteiger partial charge in [-0.05, 0) is 55.3 Å². The second-order valence-corrected chi connectivity index (χ2v) is 7.24. The molecule has 3 rings (SSSR count). The van der Waals surface area contributed by atoms with Gasteiger partial charge in [0.2, 0.25) is 5.89 Å². The van der Waals surface area contributed by atoms with Gasteiger partial charge in [-0.15, -0.1) is 0 Å². The minimum atomic E-state index is -4.92. The summed E-state index contributed by atoms with van der Waals surface area (Å²) in [6.45, 7) is 5.28. The Morgan fingerprint density at radius 2 is 1.78 bits per heavy atom. The number of benzene rings is 1. The Bertz CT molecular complexity index is 1130. The number of fused-ring (bicyclic) bond motifs is 1. The summed E-state index contributed by atoms with van der Waals surface area (Å²) in [6.07, 6.45) is -5.39. The predicted octanol–water partition coefficient (Wildman–Crippen LogP) is 6.50. The molecule has 0 aliphatic rings. The molecule has 0 saturated carbocycles. The second-order valence-electron chi connectivity index (χ2n) is 6.36. The van der Waals surface area contributed by atoms with Crippen LogP contribution in [0.15, 0.2) is 69.3 Å². The smallest absolute Gasteiger partial charge is 0.416 e. The summed E-state index contributed by atoms with van der Waals surface area (Å²) in [5.41, 5.74) is -1.25. The molecule has 0 spiro atoms. The molecule has 0 amide bonds. The van der Waals surface area contributed by atoms with Crippen LogP contribution < -0.4 is 4.72 Å². The Hall–Kier alpha value is -3.28. The van der Waals surface area contributed by atoms with Crippen molar-refractivity contribution in [2.24, 2.45) is 4.99 Å². The van der Waals surface area contributed by atoms with Crippen LogP contribution in [0.25, 0.3) is 16.8 Å². The van der Waals surface area contributed by atoms with E-state index in [0.717, 1.165) is 0 Å². The molecule has 0 aliphatic carbocycles. The zero-order valence-electron chi connectivity index (χ0n) is 16.3. The fraction of sp³-hybridized carbons (Fsp3) is 0.150. The van der Waals surface area contributed by atoms with Crippen molar-refractivity contribution >= 4 is 35.0 Å². The van der Waals surface area contributed by atoms with E-state index in [4.69, 9.17) is 4.42 Å². The third kappa shape index (κ3) is 5.90. The number of nitrogens with zero attached hydrogens (tertiary/aromatic N) is 3. The van der Waals surface area contributed by atoms with Gasteiger partial charge >= 0.3 is 12.4 Å². The van der Waals surface area contributed by atoms with Gasteiger partial charge in [0.15, 0.2) is 11.2 Å². The molecule has 0 aliphatic heterocycles. The minimum absolute atomic E-state index is 0.00394. The summed E-state index contributed by atoms with van der Waals surface area (Å²) in [7, 11) is 0. The zero-order chi connectivity index (χ0) is 23.5. The number of aromatic nitrogens is 2. The van der Waals surface area contributed by atoms with E-state index < -0.39 is 23.5 Å². The normalized spacial score (nSPS) is 13.2. The lowest BCUT2D eigenvalue weighted by Gasteiger charge is -2.14. The molecular formula is C20H14F6N4OS. The lowest BCUT2D eigenvalue weighted by atomic mass is 10.1. The van der Waals surface area contributed by atoms with E-state index in [2.05, 4.69) is 26.3 Å². The highest BCUT2D eigenvalue weighted by Crippen LogP contribution is 2.38. The summed E-state index contributed by atoms with van der Waals surface area (Å²) in [6, 6.07) is 4.69. The highest BCUT2D eigenvalue weighted by Gasteiger charge is 2.37. The van der Waals surface area contributed by atoms with Crippen LogP contribution in [0.3, 0.4) is 0 Å². The summed E-state index contributed by atoms with van der Waals surface area (Å²) < 4.78 is 85.6. The number of alkyl halides is 6. The Morgan fingerprint density at radius 3 is 2.38 bits per heavy atom. The van der Waals surface area contributed by atoms with Gasteiger partial charge in [-0.3, -0.25) is 0 Å². The van der Waals surface area contributed by atoms with Crippen molar-refractivity contribution in [2.45, 2.75) is 24.2 Å². The van der Waals surface area contributed by atoms with Crippen LogP contribution in [0.5, 0.6) is 0 Å². The number of aliphatic imine (C=N–C) groups is 1. The molecule has 2 heterocycles. The molecule has 0 radical (unpaired) electrons. The Balaban J connectivity index is 1.67. The molecule has 0 saturated heterocycles. The van der Waals surface area contributed by atoms with Crippen molar-refractivity contribution in [1.82, 2.24) is 14.7 Å². The van der Waals surface area contributed by atoms with E-state index in [1.165, 1.54) is 6.21 Å². The van der Waals surface area contributed by atoms with Gasteiger partial charge < -0.3 is 9.14 Å². The fourth-order valence-electron chi connectivity index (χ4n) is 2.38. The maximum Gasteiger partial charge on any atom is 0.416 e. The quantitative estimate of drug-likeness (QED) is 0.252. The van der Waals surface area contributed by atoms with E-state index >= 15 is 0 Å². The molecule has 32 heavy (non-hydrogen) atoms. The summed E-state index contributed by atoms with van der Waals surface area (Å²) in [5, 5.41) is 0. The Kier molecular flexibility index (Phi) is 6.63. The molecule has 3 aromatic rings. The molecule has 0 unspecified atom stereocenters. The van der Waals surface area contributed by atoms with Crippen molar-refractivity contribution in [2.75, 3.05) is 0 Å². The fourth-order valence-corrected chi connectivity index (χ4v) is 3.04. The Labute approximate surface area is 182 Å². The summed E-state index contributed by atoms with van der Waals surface area (Å²) in [5.74, 6) is 0.325. The van der Waals surface area contributed by atoms with Crippen LogP contribution in [0.1, 0.15) is 23.9 Å². The third-order valence-electron chi connectivity index (χ3n) is 3.91. The first-order valence-corrected chi connectivity index (χ1v) is 9.59. The van der Waals surface area contributed by atoms with Gasteiger partial charge in [0, 0.05) is 22.9 Å². The van der Waals surface area contributed by atoms with E-state index in [-0.39, 0.29) is 16.8 Å². The molecule has 2 aromatic heterocycles. The number of nitrogens with one attached hydrogen (secondary N) is 1. The van der Waals surface area contributed by atoms with Gasteiger partial charge in [-0.25, -0.2) is 9.98 Å². The van der Waals surface area contributed by atoms with Gasteiger partial charge in [0.05, 0.1) is 11.1 Å². The van der Waals surface area contributed by atoms with Gasteiger partial charge in [0.25, 0.3) is 0 Å². The molecule has 0 fully saturated rings. The maximum atomic E-state index is 12.9. The average Bonchev–Trinajstić information content (AvgIpc) is 3.15. The van der Waals surface area contributed by atoms with E-state index in [0.29, 0.717) is 46.8 Å². The van der Waals surface area contributed by atoms with Crippen molar-refractivity contribution in [3.63, 3.8) is 0 Å². The zero-order valence-corrected chi connectivity index (χ0v) is 17.1. The molecule has 12 heteroatoms. The number of pyridine rings is 1. The minimum Gasteiger partial charge on any atom is -0.435 e. The first kappa shape index (κ1) is 23.4. The van der Waals surface area contributed by atoms with Crippen LogP contribution in [-0.2, 0) is 12.4 Å². The first-order chi connectivity index (χ1) is 14.9. The van der Waals surface area contributed by atoms with Crippen molar-refractivity contribution in [1.29, 1.82) is 0 Å². The molecular weight excluding hydrogens is 458 g/mol. The van der Waals surface area contributed by atoms with E-state index in [1.807, 2.05) is 0 Å². The number of halogens is 6. The van der Waals surface area contributed by atoms with Crippen molar-refractivity contribution < 1.29 is 30.8 Å². The average molecular weight is 472 g/mol. The monoisotopic (exact) mass is 472 g/mol. The predicted molar refractivity (Wildman–Crippen MR) is 109 cm³/mol. The highest BCUT2D eigenvalue weighted by atomic mass is 32.2. The molecule has 1 N–H and O–H groups in total. The number of oxazole rings is 1. The van der Waals surface area contributed by atoms with Gasteiger partial charge in [-0.2, -0.15) is 31.3 Å². The topological polar surface area (TPSA) is 63.3 Å². The molecule has 0 bridgehead atoms. The number of hydrogen-bond acceptors (Lipinski definition) is 6. The largest absolute Gasteiger partial charge is 0.435 e. The second kappa shape index (κ2) is 9.07. The van der Waals surface area contributed by atoms with E-state index in [9.17, 15) is 26.3 Å². The van der Waals surface area contributed by atoms with E-state index in [1.54, 1.807) is 31.3 Å². The van der Waals surface area contributed by atoms with Gasteiger partial charge in [0.1, 0.15) is 5.82 Å². The summed E-state index contributed by atoms with van der Waals surface area (Å²) in [4.78, 5) is 11.9. The number of allylic oxidation sites excluding steroid dienone is 2.